The van der Waals surface area contributed by atoms with Gasteiger partial charge in [-0.05, 0) is 55.8 Å². The second kappa shape index (κ2) is 6.98. The molecule has 1 amide bonds. The van der Waals surface area contributed by atoms with E-state index in [2.05, 4.69) is 0 Å². The van der Waals surface area contributed by atoms with Gasteiger partial charge in [0, 0.05) is 23.8 Å². The number of amides is 1. The fourth-order valence-corrected chi connectivity index (χ4v) is 4.80. The highest BCUT2D eigenvalue weighted by molar-refractivity contribution is 7.89. The summed E-state index contributed by atoms with van der Waals surface area (Å²) < 4.78 is 39.9. The van der Waals surface area contributed by atoms with E-state index in [0.717, 1.165) is 22.0 Å². The van der Waals surface area contributed by atoms with Gasteiger partial charge >= 0.3 is 0 Å². The summed E-state index contributed by atoms with van der Waals surface area (Å²) in [6, 6.07) is 8.99. The molecule has 0 aromatic heterocycles. The Labute approximate surface area is 157 Å². The van der Waals surface area contributed by atoms with E-state index in [1.807, 2.05) is 6.92 Å². The van der Waals surface area contributed by atoms with E-state index in [0.29, 0.717) is 10.7 Å². The van der Waals surface area contributed by atoms with Gasteiger partial charge in [0.1, 0.15) is 11.9 Å². The zero-order chi connectivity index (χ0) is 19.1. The Hall–Kier alpha value is -1.96. The first-order chi connectivity index (χ1) is 12.2. The number of halogens is 2. The van der Waals surface area contributed by atoms with Crippen molar-refractivity contribution in [1.29, 1.82) is 0 Å². The van der Waals surface area contributed by atoms with Gasteiger partial charge < -0.3 is 4.90 Å². The first-order valence-corrected chi connectivity index (χ1v) is 9.89. The summed E-state index contributed by atoms with van der Waals surface area (Å²) in [6.45, 7) is 3.72. The van der Waals surface area contributed by atoms with Crippen molar-refractivity contribution >= 4 is 33.2 Å². The molecule has 0 aliphatic carbocycles. The molecule has 26 heavy (non-hydrogen) atoms. The zero-order valence-corrected chi connectivity index (χ0v) is 15.9. The molecule has 0 radical (unpaired) electrons. The molecule has 138 valence electrons. The molecule has 1 atom stereocenters. The van der Waals surface area contributed by atoms with E-state index in [9.17, 15) is 17.6 Å². The second-order valence-corrected chi connectivity index (χ2v) is 8.42. The highest BCUT2D eigenvalue weighted by Crippen LogP contribution is 2.30. The smallest absolute Gasteiger partial charge is 0.245 e. The number of piperazine rings is 1. The van der Waals surface area contributed by atoms with Crippen LogP contribution in [0, 0.1) is 12.7 Å². The fraction of sp³-hybridized carbons (Fsp3) is 0.278. The third-order valence-electron chi connectivity index (χ3n) is 4.55. The average Bonchev–Trinajstić information content (AvgIpc) is 2.60. The predicted molar refractivity (Wildman–Crippen MR) is 98.3 cm³/mol. The number of carbonyl (C=O) groups is 1. The zero-order valence-electron chi connectivity index (χ0n) is 14.3. The van der Waals surface area contributed by atoms with E-state index in [4.69, 9.17) is 11.6 Å². The van der Waals surface area contributed by atoms with Gasteiger partial charge in [0.2, 0.25) is 15.9 Å². The topological polar surface area (TPSA) is 57.7 Å². The van der Waals surface area contributed by atoms with E-state index in [1.165, 1.54) is 12.1 Å². The average molecular weight is 397 g/mol. The number of sulfonamides is 1. The molecule has 0 unspecified atom stereocenters. The molecule has 2 aromatic rings. The molecule has 0 bridgehead atoms. The van der Waals surface area contributed by atoms with Gasteiger partial charge in [-0.1, -0.05) is 17.7 Å². The van der Waals surface area contributed by atoms with Gasteiger partial charge in [0.05, 0.1) is 4.90 Å². The minimum absolute atomic E-state index is 0.0362. The van der Waals surface area contributed by atoms with Crippen LogP contribution in [0.3, 0.4) is 0 Å². The van der Waals surface area contributed by atoms with Crippen LogP contribution >= 0.6 is 11.6 Å². The Kier molecular flexibility index (Phi) is 5.05. The number of carbonyl (C=O) groups excluding carboxylic acids is 1. The lowest BCUT2D eigenvalue weighted by atomic mass is 10.1. The minimum atomic E-state index is -3.89. The maximum Gasteiger partial charge on any atom is 0.245 e. The summed E-state index contributed by atoms with van der Waals surface area (Å²) in [5.41, 5.74) is 1.44. The maximum absolute atomic E-state index is 13.1. The summed E-state index contributed by atoms with van der Waals surface area (Å²) in [4.78, 5) is 14.4. The van der Waals surface area contributed by atoms with Crippen LogP contribution in [-0.4, -0.2) is 37.8 Å². The maximum atomic E-state index is 13.1. The van der Waals surface area contributed by atoms with Crippen LogP contribution in [0.5, 0.6) is 0 Å². The molecule has 0 spiro atoms. The third kappa shape index (κ3) is 3.22. The molecule has 2 aromatic carbocycles. The monoisotopic (exact) mass is 396 g/mol. The molecular weight excluding hydrogens is 379 g/mol. The number of rotatable bonds is 3. The van der Waals surface area contributed by atoms with Gasteiger partial charge in [-0.2, -0.15) is 4.31 Å². The van der Waals surface area contributed by atoms with Gasteiger partial charge in [0.25, 0.3) is 0 Å². The third-order valence-corrected chi connectivity index (χ3v) is 6.94. The molecular formula is C18H18ClFN2O3S. The molecule has 3 rings (SSSR count). The van der Waals surface area contributed by atoms with Gasteiger partial charge in [-0.3, -0.25) is 4.79 Å². The van der Waals surface area contributed by atoms with Crippen molar-refractivity contribution in [1.82, 2.24) is 4.31 Å². The van der Waals surface area contributed by atoms with Crippen molar-refractivity contribution in [2.45, 2.75) is 24.8 Å². The summed E-state index contributed by atoms with van der Waals surface area (Å²) in [7, 11) is -3.89. The molecule has 8 heteroatoms. The van der Waals surface area contributed by atoms with Crippen molar-refractivity contribution < 1.29 is 17.6 Å². The van der Waals surface area contributed by atoms with Crippen molar-refractivity contribution in [2.24, 2.45) is 0 Å². The number of anilines is 1. The van der Waals surface area contributed by atoms with Crippen LogP contribution in [0.15, 0.2) is 47.4 Å². The van der Waals surface area contributed by atoms with Gasteiger partial charge in [-0.15, -0.1) is 0 Å². The minimum Gasteiger partial charge on any atom is -0.309 e. The van der Waals surface area contributed by atoms with Gasteiger partial charge in [0.15, 0.2) is 0 Å². The summed E-state index contributed by atoms with van der Waals surface area (Å²) >= 11 is 6.14. The summed E-state index contributed by atoms with van der Waals surface area (Å²) in [6.07, 6.45) is 0. The van der Waals surface area contributed by atoms with Crippen LogP contribution < -0.4 is 4.90 Å². The molecule has 0 saturated carbocycles. The highest BCUT2D eigenvalue weighted by Gasteiger charge is 2.39. The van der Waals surface area contributed by atoms with Crippen LogP contribution in [0.4, 0.5) is 10.1 Å². The lowest BCUT2D eigenvalue weighted by Gasteiger charge is -2.38. The highest BCUT2D eigenvalue weighted by atomic mass is 35.5. The Morgan fingerprint density at radius 2 is 1.77 bits per heavy atom. The van der Waals surface area contributed by atoms with Crippen molar-refractivity contribution in [3.63, 3.8) is 0 Å². The number of hydrogen-bond donors (Lipinski definition) is 0. The molecule has 1 heterocycles. The fourth-order valence-electron chi connectivity index (χ4n) is 3.05. The Bertz CT molecular complexity index is 947. The lowest BCUT2D eigenvalue weighted by molar-refractivity contribution is -0.123. The van der Waals surface area contributed by atoms with Crippen molar-refractivity contribution in [3.8, 4) is 0 Å². The van der Waals surface area contributed by atoms with E-state index in [1.54, 1.807) is 30.0 Å². The van der Waals surface area contributed by atoms with Crippen LogP contribution in [0.1, 0.15) is 12.5 Å². The number of nitrogens with zero attached hydrogens (tertiary/aromatic N) is 2. The van der Waals surface area contributed by atoms with Gasteiger partial charge in [-0.25, -0.2) is 12.8 Å². The Balaban J connectivity index is 1.90. The van der Waals surface area contributed by atoms with E-state index >= 15 is 0 Å². The standard InChI is InChI=1S/C18H18ClFN2O3S/c1-12-16(19)4-3-5-17(12)21-10-11-22(13(2)18(21)23)26(24,25)15-8-6-14(20)7-9-15/h3-9,13H,10-11H2,1-2H3/t13-/m1/s1. The summed E-state index contributed by atoms with van der Waals surface area (Å²) in [5.74, 6) is -0.846. The normalized spacial score (nSPS) is 19.0. The Morgan fingerprint density at radius 1 is 1.12 bits per heavy atom. The Morgan fingerprint density at radius 3 is 2.42 bits per heavy atom. The first-order valence-electron chi connectivity index (χ1n) is 8.07. The van der Waals surface area contributed by atoms with Crippen molar-refractivity contribution in [2.75, 3.05) is 18.0 Å². The van der Waals surface area contributed by atoms with Crippen molar-refractivity contribution in [3.05, 3.63) is 58.9 Å². The molecule has 5 nitrogen and oxygen atoms in total. The lowest BCUT2D eigenvalue weighted by Crippen LogP contribution is -2.57. The summed E-state index contributed by atoms with van der Waals surface area (Å²) in [5, 5.41) is 0.546. The van der Waals surface area contributed by atoms with Crippen LogP contribution in [0.2, 0.25) is 5.02 Å². The predicted octanol–water partition coefficient (Wildman–Crippen LogP) is 3.21. The molecule has 0 N–H and O–H groups in total. The molecule has 1 fully saturated rings. The molecule has 1 aliphatic heterocycles. The number of hydrogen-bond acceptors (Lipinski definition) is 3. The number of benzene rings is 2. The quantitative estimate of drug-likeness (QED) is 0.800. The van der Waals surface area contributed by atoms with Crippen LogP contribution in [0.25, 0.3) is 0 Å². The molecule has 1 saturated heterocycles. The van der Waals surface area contributed by atoms with Crippen LogP contribution in [-0.2, 0) is 14.8 Å². The van der Waals surface area contributed by atoms with E-state index < -0.39 is 21.9 Å². The largest absolute Gasteiger partial charge is 0.309 e. The SMILES string of the molecule is Cc1c(Cl)cccc1N1CCN(S(=O)(=O)c2ccc(F)cc2)[C@H](C)C1=O. The second-order valence-electron chi connectivity index (χ2n) is 6.12. The first kappa shape index (κ1) is 18.8. The molecule has 1 aliphatic rings. The van der Waals surface area contributed by atoms with E-state index in [-0.39, 0.29) is 23.9 Å².